The monoisotopic (exact) mass is 218 g/mol. The van der Waals surface area contributed by atoms with Gasteiger partial charge in [-0.05, 0) is 19.9 Å². The zero-order chi connectivity index (χ0) is 8.48. The van der Waals surface area contributed by atoms with Crippen LogP contribution < -0.4 is 0 Å². The Hall–Kier alpha value is -0.310. The molecule has 0 aromatic carbocycles. The summed E-state index contributed by atoms with van der Waals surface area (Å²) in [5, 5.41) is 0.848. The van der Waals surface area contributed by atoms with Crippen LogP contribution in [0.2, 0.25) is 0 Å². The molecule has 62 valence electrons. The summed E-state index contributed by atoms with van der Waals surface area (Å²) >= 11 is 3.31. The molecule has 0 N–H and O–H groups in total. The molecular formula is C8H11BrO2. The number of hydrogen-bond donors (Lipinski definition) is 0. The van der Waals surface area contributed by atoms with E-state index in [1.165, 1.54) is 0 Å². The largest absolute Gasteiger partial charge is 0.452 e. The van der Waals surface area contributed by atoms with Crippen LogP contribution in [-0.4, -0.2) is 16.9 Å². The van der Waals surface area contributed by atoms with Gasteiger partial charge in [0.15, 0.2) is 0 Å². The van der Waals surface area contributed by atoms with Crippen molar-refractivity contribution in [3.05, 3.63) is 11.6 Å². The number of esters is 1. The molecule has 0 spiro atoms. The van der Waals surface area contributed by atoms with Crippen LogP contribution in [0.25, 0.3) is 0 Å². The number of carbonyl (C=O) groups is 1. The summed E-state index contributed by atoms with van der Waals surface area (Å²) in [6.07, 6.45) is 2.71. The minimum atomic E-state index is -0.370. The van der Waals surface area contributed by atoms with Gasteiger partial charge in [0.25, 0.3) is 0 Å². The van der Waals surface area contributed by atoms with E-state index >= 15 is 0 Å². The second kappa shape index (κ2) is 2.97. The Labute approximate surface area is 74.7 Å². The zero-order valence-electron chi connectivity index (χ0n) is 6.69. The van der Waals surface area contributed by atoms with Crippen LogP contribution in [0, 0.1) is 0 Å². The minimum Gasteiger partial charge on any atom is -0.452 e. The first-order chi connectivity index (χ1) is 5.07. The highest BCUT2D eigenvalue weighted by Crippen LogP contribution is 2.27. The van der Waals surface area contributed by atoms with Gasteiger partial charge >= 0.3 is 5.97 Å². The predicted octanol–water partition coefficient (Wildman–Crippen LogP) is 2.03. The Morgan fingerprint density at radius 1 is 1.73 bits per heavy atom. The van der Waals surface area contributed by atoms with Crippen molar-refractivity contribution in [1.82, 2.24) is 0 Å². The lowest BCUT2D eigenvalue weighted by Crippen LogP contribution is -2.24. The number of hydrogen-bond acceptors (Lipinski definition) is 2. The predicted molar refractivity (Wildman–Crippen MR) is 46.7 cm³/mol. The van der Waals surface area contributed by atoms with Crippen LogP contribution in [0.1, 0.15) is 20.3 Å². The Bertz CT molecular complexity index is 210. The molecule has 3 heteroatoms. The fourth-order valence-corrected chi connectivity index (χ4v) is 1.94. The summed E-state index contributed by atoms with van der Waals surface area (Å²) in [7, 11) is 0. The molecule has 1 atom stereocenters. The summed E-state index contributed by atoms with van der Waals surface area (Å²) in [6.45, 7) is 3.70. The third kappa shape index (κ3) is 1.83. The maximum Gasteiger partial charge on any atom is 0.334 e. The van der Waals surface area contributed by atoms with E-state index in [0.717, 1.165) is 11.8 Å². The van der Waals surface area contributed by atoms with E-state index in [1.54, 1.807) is 6.92 Å². The third-order valence-corrected chi connectivity index (χ3v) is 2.16. The molecule has 1 rings (SSSR count). The number of alkyl halides is 1. The number of ether oxygens (including phenoxy) is 1. The van der Waals surface area contributed by atoms with Crippen molar-refractivity contribution in [2.24, 2.45) is 0 Å². The van der Waals surface area contributed by atoms with Gasteiger partial charge in [0.05, 0.1) is 0 Å². The van der Waals surface area contributed by atoms with Crippen molar-refractivity contribution in [2.45, 2.75) is 25.9 Å². The summed E-state index contributed by atoms with van der Waals surface area (Å²) < 4.78 is 5.14. The maximum absolute atomic E-state index is 11.0. The van der Waals surface area contributed by atoms with E-state index in [0.29, 0.717) is 5.57 Å². The first kappa shape index (κ1) is 8.78. The van der Waals surface area contributed by atoms with Crippen LogP contribution in [0.4, 0.5) is 0 Å². The lowest BCUT2D eigenvalue weighted by Gasteiger charge is -2.19. The fourth-order valence-electron chi connectivity index (χ4n) is 1.15. The van der Waals surface area contributed by atoms with Crippen molar-refractivity contribution < 1.29 is 9.53 Å². The van der Waals surface area contributed by atoms with Gasteiger partial charge in [-0.3, -0.25) is 0 Å². The Morgan fingerprint density at radius 2 is 2.36 bits per heavy atom. The summed E-state index contributed by atoms with van der Waals surface area (Å²) in [6, 6.07) is 0. The number of carbonyl (C=O) groups excluding carboxylic acids is 1. The summed E-state index contributed by atoms with van der Waals surface area (Å²) in [5.74, 6) is -0.187. The zero-order valence-corrected chi connectivity index (χ0v) is 8.27. The molecular weight excluding hydrogens is 208 g/mol. The maximum atomic E-state index is 11.0. The van der Waals surface area contributed by atoms with E-state index in [9.17, 15) is 4.79 Å². The van der Waals surface area contributed by atoms with Gasteiger partial charge in [-0.15, -0.1) is 0 Å². The van der Waals surface area contributed by atoms with Gasteiger partial charge in [-0.25, -0.2) is 4.79 Å². The Balaban J connectivity index is 2.71. The molecule has 0 radical (unpaired) electrons. The Kier molecular flexibility index (Phi) is 2.37. The average molecular weight is 219 g/mol. The molecule has 0 saturated heterocycles. The molecule has 0 bridgehead atoms. The van der Waals surface area contributed by atoms with Crippen LogP contribution in [0.3, 0.4) is 0 Å². The second-order valence-corrected chi connectivity index (χ2v) is 3.76. The highest BCUT2D eigenvalue weighted by Gasteiger charge is 2.32. The molecule has 0 amide bonds. The molecule has 1 aliphatic heterocycles. The van der Waals surface area contributed by atoms with Gasteiger partial charge in [0, 0.05) is 17.3 Å². The highest BCUT2D eigenvalue weighted by molar-refractivity contribution is 9.09. The van der Waals surface area contributed by atoms with Crippen molar-refractivity contribution in [1.29, 1.82) is 0 Å². The first-order valence-corrected chi connectivity index (χ1v) is 4.68. The highest BCUT2D eigenvalue weighted by atomic mass is 79.9. The lowest BCUT2D eigenvalue weighted by molar-refractivity contribution is -0.145. The van der Waals surface area contributed by atoms with E-state index in [2.05, 4.69) is 15.9 Å². The van der Waals surface area contributed by atoms with Gasteiger partial charge in [0.1, 0.15) is 5.60 Å². The van der Waals surface area contributed by atoms with Crippen LogP contribution in [-0.2, 0) is 9.53 Å². The summed E-state index contributed by atoms with van der Waals surface area (Å²) in [5.41, 5.74) is 0.346. The van der Waals surface area contributed by atoms with E-state index in [4.69, 9.17) is 4.74 Å². The van der Waals surface area contributed by atoms with Crippen LogP contribution in [0.15, 0.2) is 11.6 Å². The van der Waals surface area contributed by atoms with Crippen molar-refractivity contribution in [3.8, 4) is 0 Å². The number of halogens is 1. The van der Waals surface area contributed by atoms with E-state index in [1.807, 2.05) is 13.0 Å². The molecule has 11 heavy (non-hydrogen) atoms. The fraction of sp³-hybridized carbons (Fsp3) is 0.625. The molecule has 0 aromatic heterocycles. The molecule has 0 saturated carbocycles. The van der Waals surface area contributed by atoms with Crippen molar-refractivity contribution in [3.63, 3.8) is 0 Å². The standard InChI is InChI=1S/C8H11BrO2/c1-6-5-8(2,3-4-9)11-7(6)10/h5H,3-4H2,1-2H3/t8-/m0/s1. The molecule has 0 fully saturated rings. The average Bonchev–Trinajstić information content (AvgIpc) is 2.08. The molecule has 1 aliphatic rings. The van der Waals surface area contributed by atoms with Crippen molar-refractivity contribution in [2.75, 3.05) is 5.33 Å². The van der Waals surface area contributed by atoms with Crippen LogP contribution >= 0.6 is 15.9 Å². The van der Waals surface area contributed by atoms with Gasteiger partial charge < -0.3 is 4.74 Å². The number of rotatable bonds is 2. The lowest BCUT2D eigenvalue weighted by atomic mass is 10.0. The molecule has 0 aromatic rings. The molecule has 2 nitrogen and oxygen atoms in total. The quantitative estimate of drug-likeness (QED) is 0.524. The van der Waals surface area contributed by atoms with Gasteiger partial charge in [-0.1, -0.05) is 15.9 Å². The van der Waals surface area contributed by atoms with E-state index in [-0.39, 0.29) is 11.6 Å². The van der Waals surface area contributed by atoms with Gasteiger partial charge in [0.2, 0.25) is 0 Å². The Morgan fingerprint density at radius 3 is 2.73 bits per heavy atom. The van der Waals surface area contributed by atoms with Crippen molar-refractivity contribution >= 4 is 21.9 Å². The number of cyclic esters (lactones) is 1. The van der Waals surface area contributed by atoms with E-state index < -0.39 is 0 Å². The second-order valence-electron chi connectivity index (χ2n) is 2.97. The SMILES string of the molecule is CC1=C[C@](C)(CCBr)OC1=O. The normalized spacial score (nSPS) is 30.1. The topological polar surface area (TPSA) is 26.3 Å². The summed E-state index contributed by atoms with van der Waals surface area (Å²) in [4.78, 5) is 11.0. The molecule has 1 heterocycles. The smallest absolute Gasteiger partial charge is 0.334 e. The van der Waals surface area contributed by atoms with Crippen LogP contribution in [0.5, 0.6) is 0 Å². The third-order valence-electron chi connectivity index (χ3n) is 1.76. The molecule has 0 unspecified atom stereocenters. The molecule has 0 aliphatic carbocycles. The minimum absolute atomic E-state index is 0.187. The first-order valence-electron chi connectivity index (χ1n) is 3.56. The van der Waals surface area contributed by atoms with Gasteiger partial charge in [-0.2, -0.15) is 0 Å².